The van der Waals surface area contributed by atoms with Crippen molar-refractivity contribution in [3.8, 4) is 0 Å². The Bertz CT molecular complexity index is 1170. The molecule has 49 heavy (non-hydrogen) atoms. The van der Waals surface area contributed by atoms with Crippen molar-refractivity contribution in [3.63, 3.8) is 0 Å². The zero-order valence-corrected chi connectivity index (χ0v) is 30.5. The number of ether oxygens (including phenoxy) is 2. The van der Waals surface area contributed by atoms with Gasteiger partial charge in [0, 0.05) is 37.4 Å². The molecule has 0 unspecified atom stereocenters. The van der Waals surface area contributed by atoms with Crippen molar-refractivity contribution < 1.29 is 29.3 Å². The number of hydrogen-bond donors (Lipinski definition) is 3. The molecule has 0 saturated carbocycles. The van der Waals surface area contributed by atoms with Crippen LogP contribution in [0.3, 0.4) is 0 Å². The predicted octanol–water partition coefficient (Wildman–Crippen LogP) is 8.86. The SMILES string of the molecule is CCCCCCCCN(CCCCCCCC)C[C@@H]1O[C@H](c2ccc(CNC(=O)CCCC(=O)O)cc2)O[C@H](c2ccc(CO)cc2)[C@@H]1C. The van der Waals surface area contributed by atoms with Gasteiger partial charge in [0.15, 0.2) is 6.29 Å². The number of aliphatic carboxylic acids is 1. The molecule has 8 nitrogen and oxygen atoms in total. The Hall–Kier alpha value is -2.78. The van der Waals surface area contributed by atoms with E-state index in [1.54, 1.807) is 0 Å². The minimum Gasteiger partial charge on any atom is -0.481 e. The van der Waals surface area contributed by atoms with Crippen molar-refractivity contribution in [1.82, 2.24) is 10.2 Å². The Labute approximate surface area is 296 Å². The van der Waals surface area contributed by atoms with Crippen molar-refractivity contribution in [2.24, 2.45) is 5.92 Å². The van der Waals surface area contributed by atoms with Crippen LogP contribution in [-0.2, 0) is 32.2 Å². The first-order valence-electron chi connectivity index (χ1n) is 19.1. The molecule has 274 valence electrons. The first-order valence-corrected chi connectivity index (χ1v) is 19.1. The molecule has 3 N–H and O–H groups in total. The van der Waals surface area contributed by atoms with Crippen molar-refractivity contribution in [3.05, 3.63) is 70.8 Å². The molecule has 1 amide bonds. The predicted molar refractivity (Wildman–Crippen MR) is 196 cm³/mol. The Balaban J connectivity index is 1.72. The van der Waals surface area contributed by atoms with Crippen molar-refractivity contribution in [2.75, 3.05) is 19.6 Å². The highest BCUT2D eigenvalue weighted by molar-refractivity contribution is 5.76. The summed E-state index contributed by atoms with van der Waals surface area (Å²) in [6.45, 7) is 10.2. The number of nitrogens with one attached hydrogen (secondary N) is 1. The van der Waals surface area contributed by atoms with E-state index in [9.17, 15) is 14.7 Å². The second-order valence-corrected chi connectivity index (χ2v) is 13.9. The number of amides is 1. The molecule has 1 aliphatic heterocycles. The molecule has 1 fully saturated rings. The molecular weight excluding hydrogens is 616 g/mol. The molecule has 1 heterocycles. The quantitative estimate of drug-likeness (QED) is 0.0899. The Morgan fingerprint density at radius 2 is 1.27 bits per heavy atom. The molecule has 1 saturated heterocycles. The summed E-state index contributed by atoms with van der Waals surface area (Å²) in [4.78, 5) is 25.5. The molecule has 0 aromatic heterocycles. The third kappa shape index (κ3) is 15.3. The van der Waals surface area contributed by atoms with Gasteiger partial charge in [-0.1, -0.05) is 134 Å². The third-order valence-electron chi connectivity index (χ3n) is 9.75. The largest absolute Gasteiger partial charge is 0.481 e. The van der Waals surface area contributed by atoms with Gasteiger partial charge in [-0.2, -0.15) is 0 Å². The summed E-state index contributed by atoms with van der Waals surface area (Å²) < 4.78 is 13.5. The molecule has 0 radical (unpaired) electrons. The fraction of sp³-hybridized carbons (Fsp3) is 0.659. The molecule has 0 aliphatic carbocycles. The number of carbonyl (C=O) groups is 2. The number of aliphatic hydroxyl groups is 1. The second-order valence-electron chi connectivity index (χ2n) is 13.9. The first kappa shape index (κ1) is 40.6. The van der Waals surface area contributed by atoms with Crippen LogP contribution in [0.25, 0.3) is 0 Å². The molecule has 3 rings (SSSR count). The van der Waals surface area contributed by atoms with Gasteiger partial charge in [0.05, 0.1) is 18.8 Å². The number of benzene rings is 2. The van der Waals surface area contributed by atoms with E-state index in [1.165, 1.54) is 77.0 Å². The van der Waals surface area contributed by atoms with Crippen LogP contribution in [0.2, 0.25) is 0 Å². The van der Waals surface area contributed by atoms with E-state index in [-0.39, 0.29) is 43.5 Å². The summed E-state index contributed by atoms with van der Waals surface area (Å²) >= 11 is 0. The molecule has 2 aromatic carbocycles. The number of carboxylic acid groups (broad SMARTS) is 1. The zero-order valence-electron chi connectivity index (χ0n) is 30.5. The van der Waals surface area contributed by atoms with E-state index in [0.717, 1.165) is 41.9 Å². The van der Waals surface area contributed by atoms with Crippen molar-refractivity contribution in [2.45, 2.75) is 149 Å². The monoisotopic (exact) mass is 680 g/mol. The highest BCUT2D eigenvalue weighted by Crippen LogP contribution is 2.42. The van der Waals surface area contributed by atoms with Gasteiger partial charge in [-0.25, -0.2) is 0 Å². The Morgan fingerprint density at radius 3 is 1.84 bits per heavy atom. The Morgan fingerprint density at radius 1 is 0.714 bits per heavy atom. The Kier molecular flexibility index (Phi) is 19.6. The van der Waals surface area contributed by atoms with E-state index in [1.807, 2.05) is 36.4 Å². The maximum Gasteiger partial charge on any atom is 0.303 e. The van der Waals surface area contributed by atoms with E-state index in [0.29, 0.717) is 13.0 Å². The third-order valence-corrected chi connectivity index (χ3v) is 9.75. The average Bonchev–Trinajstić information content (AvgIpc) is 3.11. The zero-order chi connectivity index (χ0) is 35.3. The van der Waals surface area contributed by atoms with Gasteiger partial charge in [-0.3, -0.25) is 9.59 Å². The smallest absolute Gasteiger partial charge is 0.303 e. The lowest BCUT2D eigenvalue weighted by Crippen LogP contribution is -2.45. The van der Waals surface area contributed by atoms with Gasteiger partial charge in [0.2, 0.25) is 5.91 Å². The highest BCUT2D eigenvalue weighted by Gasteiger charge is 2.39. The van der Waals surface area contributed by atoms with Gasteiger partial charge >= 0.3 is 5.97 Å². The van der Waals surface area contributed by atoms with Crippen LogP contribution >= 0.6 is 0 Å². The minimum atomic E-state index is -0.889. The van der Waals surface area contributed by atoms with E-state index in [2.05, 4.69) is 43.1 Å². The van der Waals surface area contributed by atoms with Crippen LogP contribution < -0.4 is 5.32 Å². The van der Waals surface area contributed by atoms with Crippen LogP contribution in [-0.4, -0.2) is 52.7 Å². The summed E-state index contributed by atoms with van der Waals surface area (Å²) in [6.07, 6.45) is 15.2. The average molecular weight is 681 g/mol. The molecule has 1 aliphatic rings. The lowest BCUT2D eigenvalue weighted by molar-refractivity contribution is -0.276. The number of rotatable bonds is 25. The normalized spacial score (nSPS) is 19.3. The molecule has 8 heteroatoms. The number of hydrogen-bond acceptors (Lipinski definition) is 6. The van der Waals surface area contributed by atoms with Crippen LogP contribution in [0.5, 0.6) is 0 Å². The number of aliphatic hydroxyl groups excluding tert-OH is 1. The topological polar surface area (TPSA) is 108 Å². The van der Waals surface area contributed by atoms with Gasteiger partial charge in [0.25, 0.3) is 0 Å². The molecule has 2 aromatic rings. The number of nitrogens with zero attached hydrogens (tertiary/aromatic N) is 1. The van der Waals surface area contributed by atoms with E-state index in [4.69, 9.17) is 14.6 Å². The van der Waals surface area contributed by atoms with Crippen LogP contribution in [0.15, 0.2) is 48.5 Å². The fourth-order valence-electron chi connectivity index (χ4n) is 6.59. The molecule has 0 spiro atoms. The van der Waals surface area contributed by atoms with Crippen molar-refractivity contribution in [1.29, 1.82) is 0 Å². The van der Waals surface area contributed by atoms with E-state index >= 15 is 0 Å². The number of carbonyl (C=O) groups excluding carboxylic acids is 1. The van der Waals surface area contributed by atoms with Gasteiger partial charge in [-0.05, 0) is 49.0 Å². The fourth-order valence-corrected chi connectivity index (χ4v) is 6.59. The van der Waals surface area contributed by atoms with Crippen LogP contribution in [0, 0.1) is 5.92 Å². The summed E-state index contributed by atoms with van der Waals surface area (Å²) in [6, 6.07) is 16.1. The minimum absolute atomic E-state index is 0.00839. The van der Waals surface area contributed by atoms with Gasteiger partial charge in [-0.15, -0.1) is 0 Å². The maximum absolute atomic E-state index is 12.2. The lowest BCUT2D eigenvalue weighted by Gasteiger charge is -2.43. The molecule has 4 atom stereocenters. The molecular formula is C41H64N2O6. The maximum atomic E-state index is 12.2. The van der Waals surface area contributed by atoms with Gasteiger partial charge < -0.3 is 29.9 Å². The van der Waals surface area contributed by atoms with Crippen LogP contribution in [0.1, 0.15) is 152 Å². The standard InChI is InChI=1S/C41H64N2O6/c1-4-6-8-10-12-14-27-43(28-15-13-11-9-7-5-2)30-37-32(3)40(35-23-21-34(31-44)22-24-35)49-41(48-37)36-25-19-33(20-26-36)29-42-38(45)17-16-18-39(46)47/h19-26,32,37,40-41,44H,4-18,27-31H2,1-3H3,(H,42,45)(H,46,47)/t32-,37+,40+,41+/m1/s1. The summed E-state index contributed by atoms with van der Waals surface area (Å²) in [5.74, 6) is -0.911. The summed E-state index contributed by atoms with van der Waals surface area (Å²) in [5, 5.41) is 21.3. The molecule has 0 bridgehead atoms. The first-order chi connectivity index (χ1) is 23.8. The van der Waals surface area contributed by atoms with E-state index < -0.39 is 12.3 Å². The number of carboxylic acids is 1. The van der Waals surface area contributed by atoms with Crippen molar-refractivity contribution >= 4 is 11.9 Å². The summed E-state index contributed by atoms with van der Waals surface area (Å²) in [5.41, 5.74) is 3.86. The van der Waals surface area contributed by atoms with Crippen LogP contribution in [0.4, 0.5) is 0 Å². The lowest BCUT2D eigenvalue weighted by atomic mass is 9.90. The number of unbranched alkanes of at least 4 members (excludes halogenated alkanes) is 10. The summed E-state index contributed by atoms with van der Waals surface area (Å²) in [7, 11) is 0. The highest BCUT2D eigenvalue weighted by atomic mass is 16.7. The second kappa shape index (κ2) is 23.6. The van der Waals surface area contributed by atoms with Gasteiger partial charge in [0.1, 0.15) is 0 Å².